The lowest BCUT2D eigenvalue weighted by atomic mass is 10.1. The van der Waals surface area contributed by atoms with Gasteiger partial charge in [-0.25, -0.2) is 9.97 Å². The van der Waals surface area contributed by atoms with E-state index in [2.05, 4.69) is 24.8 Å². The van der Waals surface area contributed by atoms with E-state index in [1.807, 2.05) is 24.3 Å². The Labute approximate surface area is 181 Å². The highest BCUT2D eigenvalue weighted by molar-refractivity contribution is 5.97. The van der Waals surface area contributed by atoms with E-state index >= 15 is 0 Å². The molecule has 0 bridgehead atoms. The van der Waals surface area contributed by atoms with Crippen molar-refractivity contribution in [2.75, 3.05) is 31.9 Å². The number of H-pyrrole nitrogens is 2. The molecule has 4 aromatic rings. The Hall–Kier alpha value is -4.05. The Balaban J connectivity index is 1.27. The van der Waals surface area contributed by atoms with Gasteiger partial charge in [0, 0.05) is 37.1 Å². The summed E-state index contributed by atoms with van der Waals surface area (Å²) in [6.07, 6.45) is 0. The van der Waals surface area contributed by atoms with Crippen LogP contribution in [0.4, 0.5) is 5.82 Å². The van der Waals surface area contributed by atoms with Crippen molar-refractivity contribution < 1.29 is 4.79 Å². The van der Waals surface area contributed by atoms with Crippen LogP contribution in [0.1, 0.15) is 16.2 Å². The molecule has 4 N–H and O–H groups in total. The molecule has 0 aliphatic carbocycles. The number of aromatic amines is 2. The van der Waals surface area contributed by atoms with Crippen molar-refractivity contribution in [3.8, 4) is 0 Å². The van der Waals surface area contributed by atoms with Gasteiger partial charge in [-0.05, 0) is 30.3 Å². The largest absolute Gasteiger partial charge is 0.383 e. The lowest BCUT2D eigenvalue weighted by Crippen LogP contribution is -2.48. The van der Waals surface area contributed by atoms with Gasteiger partial charge in [0.1, 0.15) is 11.6 Å². The third kappa shape index (κ3) is 3.71. The Morgan fingerprint density at radius 1 is 0.938 bits per heavy atom. The van der Waals surface area contributed by atoms with Gasteiger partial charge in [-0.15, -0.1) is 0 Å². The van der Waals surface area contributed by atoms with Gasteiger partial charge in [-0.3, -0.25) is 19.3 Å². The normalized spacial score (nSPS) is 14.8. The summed E-state index contributed by atoms with van der Waals surface area (Å²) < 4.78 is 0. The summed E-state index contributed by atoms with van der Waals surface area (Å²) in [5, 5.41) is 0.840. The first-order valence-electron chi connectivity index (χ1n) is 10.3. The van der Waals surface area contributed by atoms with Gasteiger partial charge in [0.05, 0.1) is 23.1 Å². The summed E-state index contributed by atoms with van der Waals surface area (Å²) in [7, 11) is 0. The molecule has 1 aliphatic heterocycles. The number of fused-ring (bicyclic) bond motifs is 2. The van der Waals surface area contributed by atoms with E-state index in [4.69, 9.17) is 5.73 Å². The summed E-state index contributed by atoms with van der Waals surface area (Å²) >= 11 is 0. The minimum Gasteiger partial charge on any atom is -0.383 e. The van der Waals surface area contributed by atoms with Crippen LogP contribution in [0.3, 0.4) is 0 Å². The SMILES string of the molecule is Nc1nc(CN2CCN(C(=O)c3ccc4[nH]c(=O)c(=O)[nH]c4c3)CC2)nc2ccccc12. The number of carbonyl (C=O) groups is 1. The van der Waals surface area contributed by atoms with Crippen LogP contribution in [0.5, 0.6) is 0 Å². The fourth-order valence-corrected chi connectivity index (χ4v) is 3.96. The van der Waals surface area contributed by atoms with Gasteiger partial charge >= 0.3 is 11.1 Å². The molecule has 0 atom stereocenters. The minimum atomic E-state index is -0.743. The number of amides is 1. The van der Waals surface area contributed by atoms with Crippen molar-refractivity contribution in [3.05, 3.63) is 74.6 Å². The highest BCUT2D eigenvalue weighted by Crippen LogP contribution is 2.18. The van der Waals surface area contributed by atoms with Crippen molar-refractivity contribution in [2.45, 2.75) is 6.54 Å². The van der Waals surface area contributed by atoms with Crippen molar-refractivity contribution in [3.63, 3.8) is 0 Å². The summed E-state index contributed by atoms with van der Waals surface area (Å²) in [6, 6.07) is 12.5. The lowest BCUT2D eigenvalue weighted by molar-refractivity contribution is 0.0626. The fourth-order valence-electron chi connectivity index (χ4n) is 3.96. The number of hydrogen-bond acceptors (Lipinski definition) is 7. The third-order valence-electron chi connectivity index (χ3n) is 5.67. The van der Waals surface area contributed by atoms with Gasteiger partial charge in [0.15, 0.2) is 0 Å². The zero-order valence-corrected chi connectivity index (χ0v) is 17.2. The molecular formula is C22H21N7O3. The predicted molar refractivity (Wildman–Crippen MR) is 120 cm³/mol. The van der Waals surface area contributed by atoms with Crippen molar-refractivity contribution in [1.29, 1.82) is 0 Å². The van der Waals surface area contributed by atoms with E-state index in [1.54, 1.807) is 23.1 Å². The van der Waals surface area contributed by atoms with Crippen LogP contribution >= 0.6 is 0 Å². The first kappa shape index (κ1) is 19.9. The minimum absolute atomic E-state index is 0.121. The molecule has 1 fully saturated rings. The number of nitrogens with zero attached hydrogens (tertiary/aromatic N) is 4. The first-order valence-corrected chi connectivity index (χ1v) is 10.3. The first-order chi connectivity index (χ1) is 15.5. The molecular weight excluding hydrogens is 410 g/mol. The predicted octanol–water partition coefficient (Wildman–Crippen LogP) is 0.700. The van der Waals surface area contributed by atoms with Crippen LogP contribution in [0.25, 0.3) is 21.9 Å². The topological polar surface area (TPSA) is 141 Å². The third-order valence-corrected chi connectivity index (χ3v) is 5.67. The van der Waals surface area contributed by atoms with Gasteiger partial charge in [-0.2, -0.15) is 0 Å². The molecule has 0 radical (unpaired) electrons. The molecule has 0 spiro atoms. The molecule has 0 unspecified atom stereocenters. The standard InChI is InChI=1S/C22H21N7O3/c23-19-14-3-1-2-4-15(14)24-18(27-19)12-28-7-9-29(10-8-28)22(32)13-5-6-16-17(11-13)26-21(31)20(30)25-16/h1-6,11H,7-10,12H2,(H,25,30)(H,26,31)(H2,23,24,27). The Bertz CT molecular complexity index is 1450. The number of para-hydroxylation sites is 1. The number of anilines is 1. The number of rotatable bonds is 3. The van der Waals surface area contributed by atoms with E-state index in [1.165, 1.54) is 0 Å². The van der Waals surface area contributed by atoms with Gasteiger partial charge in [0.25, 0.3) is 5.91 Å². The van der Waals surface area contributed by atoms with E-state index in [-0.39, 0.29) is 5.91 Å². The Morgan fingerprint density at radius 3 is 2.44 bits per heavy atom. The lowest BCUT2D eigenvalue weighted by Gasteiger charge is -2.34. The summed E-state index contributed by atoms with van der Waals surface area (Å²) in [5.74, 6) is 1.01. The Morgan fingerprint density at radius 2 is 1.66 bits per heavy atom. The molecule has 1 amide bonds. The molecule has 5 rings (SSSR count). The van der Waals surface area contributed by atoms with E-state index < -0.39 is 11.1 Å². The average Bonchev–Trinajstić information content (AvgIpc) is 2.80. The van der Waals surface area contributed by atoms with Crippen LogP contribution in [0.15, 0.2) is 52.1 Å². The van der Waals surface area contributed by atoms with Crippen molar-refractivity contribution in [1.82, 2.24) is 29.7 Å². The summed E-state index contributed by atoms with van der Waals surface area (Å²) in [6.45, 7) is 3.03. The zero-order chi connectivity index (χ0) is 22.2. The van der Waals surface area contributed by atoms with Crippen molar-refractivity contribution in [2.24, 2.45) is 0 Å². The molecule has 2 aromatic carbocycles. The highest BCUT2D eigenvalue weighted by atomic mass is 16.2. The molecule has 1 saturated heterocycles. The monoisotopic (exact) mass is 431 g/mol. The molecule has 3 heterocycles. The maximum atomic E-state index is 13.0. The number of hydrogen-bond donors (Lipinski definition) is 3. The summed E-state index contributed by atoms with van der Waals surface area (Å²) in [4.78, 5) is 54.0. The number of nitrogen functional groups attached to an aromatic ring is 1. The summed E-state index contributed by atoms with van der Waals surface area (Å²) in [5.41, 5.74) is 6.80. The molecule has 0 saturated carbocycles. The van der Waals surface area contributed by atoms with Crippen LogP contribution < -0.4 is 16.9 Å². The maximum absolute atomic E-state index is 13.0. The number of carbonyl (C=O) groups excluding carboxylic acids is 1. The van der Waals surface area contributed by atoms with Gasteiger partial charge < -0.3 is 20.6 Å². The number of aromatic nitrogens is 4. The second kappa shape index (κ2) is 7.89. The maximum Gasteiger partial charge on any atom is 0.314 e. The van der Waals surface area contributed by atoms with Crippen LogP contribution in [-0.2, 0) is 6.54 Å². The zero-order valence-electron chi connectivity index (χ0n) is 17.2. The van der Waals surface area contributed by atoms with Crippen LogP contribution in [0.2, 0.25) is 0 Å². The molecule has 2 aromatic heterocycles. The fraction of sp³-hybridized carbons (Fsp3) is 0.227. The van der Waals surface area contributed by atoms with E-state index in [9.17, 15) is 14.4 Å². The van der Waals surface area contributed by atoms with Crippen molar-refractivity contribution >= 4 is 33.7 Å². The smallest absolute Gasteiger partial charge is 0.314 e. The molecule has 10 heteroatoms. The molecule has 10 nitrogen and oxygen atoms in total. The molecule has 162 valence electrons. The van der Waals surface area contributed by atoms with Gasteiger partial charge in [-0.1, -0.05) is 12.1 Å². The second-order valence-electron chi connectivity index (χ2n) is 7.78. The van der Waals surface area contributed by atoms with Gasteiger partial charge in [0.2, 0.25) is 0 Å². The Kier molecular flexibility index (Phi) is 4.91. The molecule has 1 aliphatic rings. The highest BCUT2D eigenvalue weighted by Gasteiger charge is 2.23. The number of piperazine rings is 1. The van der Waals surface area contributed by atoms with E-state index in [0.29, 0.717) is 61.0 Å². The number of nitrogens with one attached hydrogen (secondary N) is 2. The van der Waals surface area contributed by atoms with Crippen LogP contribution in [-0.4, -0.2) is 61.8 Å². The van der Waals surface area contributed by atoms with Crippen LogP contribution in [0, 0.1) is 0 Å². The molecule has 32 heavy (non-hydrogen) atoms. The number of nitrogens with two attached hydrogens (primary N) is 1. The average molecular weight is 431 g/mol. The second-order valence-corrected chi connectivity index (χ2v) is 7.78. The quantitative estimate of drug-likeness (QED) is 0.406. The van der Waals surface area contributed by atoms with E-state index in [0.717, 1.165) is 10.9 Å². The number of benzene rings is 2.